The molecule has 0 aromatic rings. The van der Waals surface area contributed by atoms with Gasteiger partial charge >= 0.3 is 0 Å². The van der Waals surface area contributed by atoms with Gasteiger partial charge in [0.05, 0.1) is 5.57 Å². The molecule has 0 bridgehead atoms. The van der Waals surface area contributed by atoms with Gasteiger partial charge in [0, 0.05) is 0 Å². The van der Waals surface area contributed by atoms with Gasteiger partial charge in [-0.25, -0.2) is 0 Å². The first kappa shape index (κ1) is 4.79. The van der Waals surface area contributed by atoms with Gasteiger partial charge in [-0.3, -0.25) is 0 Å². The van der Waals surface area contributed by atoms with Gasteiger partial charge in [-0.15, -0.1) is 5.43 Å². The van der Waals surface area contributed by atoms with E-state index in [1.165, 1.54) is 11.3 Å². The van der Waals surface area contributed by atoms with E-state index in [1.54, 1.807) is 0 Å². The lowest BCUT2D eigenvalue weighted by molar-refractivity contribution is 0.837. The molecule has 0 atom stereocenters. The van der Waals surface area contributed by atoms with Crippen LogP contribution in [0.15, 0.2) is 23.4 Å². The number of hydrazone groups is 1. The van der Waals surface area contributed by atoms with Crippen LogP contribution in [0.1, 0.15) is 12.8 Å². The molecule has 2 nitrogen and oxygen atoms in total. The second-order valence-corrected chi connectivity index (χ2v) is 2.25. The van der Waals surface area contributed by atoms with Crippen molar-refractivity contribution >= 4 is 6.21 Å². The van der Waals surface area contributed by atoms with Gasteiger partial charge in [0.25, 0.3) is 6.21 Å². The lowest BCUT2D eigenvalue weighted by Crippen LogP contribution is -2.08. The summed E-state index contributed by atoms with van der Waals surface area (Å²) in [7, 11) is 0. The molecule has 0 saturated carbocycles. The van der Waals surface area contributed by atoms with Gasteiger partial charge in [-0.05, 0) is 18.9 Å². The minimum atomic E-state index is 1.14. The summed E-state index contributed by atoms with van der Waals surface area (Å²) in [5.74, 6) is 0. The van der Waals surface area contributed by atoms with Crippen molar-refractivity contribution in [3.05, 3.63) is 23.4 Å². The fourth-order valence-electron chi connectivity index (χ4n) is 1.10. The van der Waals surface area contributed by atoms with Gasteiger partial charge in [-0.2, -0.15) is 0 Å². The number of nitrogens with one attached hydrogen (secondary N) is 1. The van der Waals surface area contributed by atoms with Gasteiger partial charge < -0.3 is 0 Å². The van der Waals surface area contributed by atoms with Crippen LogP contribution in [0.25, 0.3) is 0 Å². The number of nitrogens with zero attached hydrogens (tertiary/aromatic N) is 1. The van der Waals surface area contributed by atoms with Crippen molar-refractivity contribution in [2.45, 2.75) is 12.8 Å². The van der Waals surface area contributed by atoms with Crippen LogP contribution in [0, 0.1) is 0 Å². The fraction of sp³-hybridized carbons (Fsp3) is 0.286. The van der Waals surface area contributed by atoms with E-state index in [2.05, 4.69) is 22.7 Å². The molecule has 2 heteroatoms. The molecule has 0 unspecified atom stereocenters. The molecule has 1 radical (unpaired) electrons. The highest BCUT2D eigenvalue weighted by Gasteiger charge is 2.17. The summed E-state index contributed by atoms with van der Waals surface area (Å²) in [4.78, 5) is 0. The molecule has 1 N–H and O–H groups in total. The van der Waals surface area contributed by atoms with Crippen LogP contribution in [0.5, 0.6) is 0 Å². The summed E-state index contributed by atoms with van der Waals surface area (Å²) < 4.78 is 0. The van der Waals surface area contributed by atoms with Crippen LogP contribution >= 0.6 is 0 Å². The summed E-state index contributed by atoms with van der Waals surface area (Å²) in [6, 6.07) is 0. The molecule has 0 aromatic heterocycles. The summed E-state index contributed by atoms with van der Waals surface area (Å²) in [5, 5.41) is 3.93. The van der Waals surface area contributed by atoms with E-state index in [-0.39, 0.29) is 0 Å². The van der Waals surface area contributed by atoms with Crippen molar-refractivity contribution in [2.75, 3.05) is 0 Å². The summed E-state index contributed by atoms with van der Waals surface area (Å²) in [5.41, 5.74) is 5.45. The van der Waals surface area contributed by atoms with Crippen LogP contribution in [0.4, 0.5) is 0 Å². The Bertz CT molecular complexity index is 211. The third kappa shape index (κ3) is 0.669. The number of hydrogen-bond acceptors (Lipinski definition) is 2. The largest absolute Gasteiger partial charge is 0.280 e. The molecule has 45 valence electrons. The van der Waals surface area contributed by atoms with Crippen LogP contribution in [0.3, 0.4) is 0 Å². The Kier molecular flexibility index (Phi) is 0.918. The van der Waals surface area contributed by atoms with E-state index < -0.39 is 0 Å². The van der Waals surface area contributed by atoms with Crippen LogP contribution in [-0.2, 0) is 0 Å². The van der Waals surface area contributed by atoms with Gasteiger partial charge in [0.2, 0.25) is 0 Å². The van der Waals surface area contributed by atoms with Crippen molar-refractivity contribution in [3.8, 4) is 0 Å². The SMILES string of the molecule is C1=CC2=C(C=[N+]N2)CC1. The third-order valence-electron chi connectivity index (χ3n) is 1.62. The normalized spacial score (nSPS) is 22.2. The maximum absolute atomic E-state index is 3.93. The van der Waals surface area contributed by atoms with E-state index in [1.807, 2.05) is 6.21 Å². The summed E-state index contributed by atoms with van der Waals surface area (Å²) in [6.45, 7) is 0. The molecular formula is C7H8N2+. The lowest BCUT2D eigenvalue weighted by atomic mass is 10.0. The molecule has 0 fully saturated rings. The molecule has 1 aliphatic carbocycles. The molecule has 9 heavy (non-hydrogen) atoms. The Morgan fingerprint density at radius 3 is 3.44 bits per heavy atom. The minimum absolute atomic E-state index is 1.14. The topological polar surface area (TPSA) is 26.1 Å². The average molecular weight is 120 g/mol. The third-order valence-corrected chi connectivity index (χ3v) is 1.62. The maximum Gasteiger partial charge on any atom is 0.280 e. The molecule has 0 amide bonds. The first-order valence-corrected chi connectivity index (χ1v) is 3.15. The molecule has 1 aliphatic heterocycles. The molecule has 0 spiro atoms. The Labute approximate surface area is 54.0 Å². The highest BCUT2D eigenvalue weighted by atomic mass is 15.3. The second kappa shape index (κ2) is 1.72. The minimum Gasteiger partial charge on any atom is -0.101 e. The van der Waals surface area contributed by atoms with Gasteiger partial charge in [0.15, 0.2) is 5.10 Å². The van der Waals surface area contributed by atoms with Gasteiger partial charge in [0.1, 0.15) is 5.70 Å². The average Bonchev–Trinajstić information content (AvgIpc) is 2.33. The van der Waals surface area contributed by atoms with Crippen LogP contribution in [-0.4, -0.2) is 6.21 Å². The zero-order valence-corrected chi connectivity index (χ0v) is 5.09. The monoisotopic (exact) mass is 120 g/mol. The smallest absolute Gasteiger partial charge is 0.101 e. The van der Waals surface area contributed by atoms with Gasteiger partial charge in [-0.1, -0.05) is 6.08 Å². The predicted molar refractivity (Wildman–Crippen MR) is 36.7 cm³/mol. The van der Waals surface area contributed by atoms with E-state index >= 15 is 0 Å². The zero-order chi connectivity index (χ0) is 6.10. The van der Waals surface area contributed by atoms with Crippen molar-refractivity contribution in [3.63, 3.8) is 0 Å². The van der Waals surface area contributed by atoms with Crippen molar-refractivity contribution in [1.29, 1.82) is 0 Å². The number of hydrogen-bond donors (Lipinski definition) is 1. The van der Waals surface area contributed by atoms with Crippen molar-refractivity contribution < 1.29 is 0 Å². The Balaban J connectivity index is 2.35. The fourth-order valence-corrected chi connectivity index (χ4v) is 1.10. The molecular weight excluding hydrogens is 112 g/mol. The maximum atomic E-state index is 3.93. The molecule has 0 saturated heterocycles. The Hall–Kier alpha value is -1.05. The quantitative estimate of drug-likeness (QED) is 0.495. The standard InChI is InChI=1S/C7H8N2/c1-2-4-7-6(3-1)5-8-9-7/h2,4-5,9H,1,3H2/q+1. The summed E-state index contributed by atoms with van der Waals surface area (Å²) >= 11 is 0. The highest BCUT2D eigenvalue weighted by molar-refractivity contribution is 5.81. The first-order valence-electron chi connectivity index (χ1n) is 3.15. The second-order valence-electron chi connectivity index (χ2n) is 2.25. The lowest BCUT2D eigenvalue weighted by Gasteiger charge is -1.99. The Morgan fingerprint density at radius 1 is 1.56 bits per heavy atom. The number of rotatable bonds is 0. The van der Waals surface area contributed by atoms with Crippen molar-refractivity contribution in [2.24, 2.45) is 0 Å². The molecule has 2 aliphatic rings. The zero-order valence-electron chi connectivity index (χ0n) is 5.09. The van der Waals surface area contributed by atoms with E-state index in [4.69, 9.17) is 0 Å². The van der Waals surface area contributed by atoms with Crippen LogP contribution < -0.4 is 10.5 Å². The number of allylic oxidation sites excluding steroid dienone is 3. The predicted octanol–water partition coefficient (Wildman–Crippen LogP) is 0.515. The molecule has 0 aromatic carbocycles. The molecule has 1 heterocycles. The van der Waals surface area contributed by atoms with E-state index in [0.29, 0.717) is 0 Å². The summed E-state index contributed by atoms with van der Waals surface area (Å²) in [6.07, 6.45) is 8.46. The highest BCUT2D eigenvalue weighted by Crippen LogP contribution is 2.15. The van der Waals surface area contributed by atoms with Crippen LogP contribution in [0.2, 0.25) is 0 Å². The Morgan fingerprint density at radius 2 is 2.56 bits per heavy atom. The molecule has 2 rings (SSSR count). The van der Waals surface area contributed by atoms with Crippen molar-refractivity contribution in [1.82, 2.24) is 10.5 Å². The van der Waals surface area contributed by atoms with E-state index in [9.17, 15) is 0 Å². The first-order chi connectivity index (χ1) is 4.47. The van der Waals surface area contributed by atoms with E-state index in [0.717, 1.165) is 12.8 Å².